The lowest BCUT2D eigenvalue weighted by molar-refractivity contribution is -0.124. The van der Waals surface area contributed by atoms with Crippen molar-refractivity contribution >= 4 is 22.9 Å². The molecule has 0 unspecified atom stereocenters. The average molecular weight is 516 g/mol. The smallest absolute Gasteiger partial charge is 0.267 e. The minimum atomic E-state index is -0.544. The van der Waals surface area contributed by atoms with Crippen LogP contribution in [0.1, 0.15) is 39.3 Å². The Bertz CT molecular complexity index is 1480. The summed E-state index contributed by atoms with van der Waals surface area (Å²) in [5.41, 5.74) is 10.2. The Kier molecular flexibility index (Phi) is 8.64. The molecule has 39 heavy (non-hydrogen) atoms. The monoisotopic (exact) mass is 515 g/mol. The van der Waals surface area contributed by atoms with Gasteiger partial charge in [-0.15, -0.1) is 0 Å². The van der Waals surface area contributed by atoms with Crippen LogP contribution < -0.4 is 10.8 Å². The first-order chi connectivity index (χ1) is 19.2. The molecule has 0 radical (unpaired) electrons. The highest BCUT2D eigenvalue weighted by molar-refractivity contribution is 5.90. The molecule has 0 saturated carbocycles. The predicted molar refractivity (Wildman–Crippen MR) is 158 cm³/mol. The number of H-pyrrole nitrogens is 1. The molecule has 1 amide bonds. The second-order valence-electron chi connectivity index (χ2n) is 9.75. The lowest BCUT2D eigenvalue weighted by Gasteiger charge is -2.18. The zero-order valence-corrected chi connectivity index (χ0v) is 21.8. The van der Waals surface area contributed by atoms with Crippen LogP contribution in [0.4, 0.5) is 0 Å². The number of rotatable bonds is 11. The van der Waals surface area contributed by atoms with Gasteiger partial charge in [0.1, 0.15) is 0 Å². The van der Waals surface area contributed by atoms with Crippen molar-refractivity contribution in [3.63, 3.8) is 0 Å². The fraction of sp³-hybridized carbons (Fsp3) is 0.147. The summed E-state index contributed by atoms with van der Waals surface area (Å²) in [6.45, 7) is 1.64. The summed E-state index contributed by atoms with van der Waals surface area (Å²) >= 11 is 0. The highest BCUT2D eigenvalue weighted by Crippen LogP contribution is 2.30. The Hall–Kier alpha value is -4.45. The molecular formula is C34H33N3O2. The normalized spacial score (nSPS) is 11.4. The van der Waals surface area contributed by atoms with Crippen LogP contribution in [0.3, 0.4) is 0 Å². The van der Waals surface area contributed by atoms with E-state index in [9.17, 15) is 4.79 Å². The minimum Gasteiger partial charge on any atom is -0.361 e. The van der Waals surface area contributed by atoms with Gasteiger partial charge in [0.25, 0.3) is 5.91 Å². The summed E-state index contributed by atoms with van der Waals surface area (Å²) in [7, 11) is 0. The molecule has 5 aromatic rings. The zero-order valence-electron chi connectivity index (χ0n) is 21.8. The van der Waals surface area contributed by atoms with E-state index in [2.05, 4.69) is 95.4 Å². The number of aromatic nitrogens is 1. The van der Waals surface area contributed by atoms with Crippen LogP contribution >= 0.6 is 0 Å². The van der Waals surface area contributed by atoms with Gasteiger partial charge >= 0.3 is 0 Å². The molecule has 0 aliphatic carbocycles. The molecule has 4 N–H and O–H groups in total. The van der Waals surface area contributed by atoms with Gasteiger partial charge in [0.05, 0.1) is 0 Å². The van der Waals surface area contributed by atoms with Crippen molar-refractivity contribution in [3.05, 3.63) is 149 Å². The fourth-order valence-electron chi connectivity index (χ4n) is 5.01. The molecule has 4 aromatic carbocycles. The molecule has 0 spiro atoms. The SMILES string of the molecule is O=C(C=Cc1ccc(CNCCc2c[nH]c3ccc(CC(c4ccccc4)c4ccccc4)cc23)cc1)NO. The Morgan fingerprint density at radius 1 is 0.846 bits per heavy atom. The first kappa shape index (κ1) is 26.2. The number of nitrogens with one attached hydrogen (secondary N) is 3. The largest absolute Gasteiger partial charge is 0.361 e. The third-order valence-electron chi connectivity index (χ3n) is 7.09. The summed E-state index contributed by atoms with van der Waals surface area (Å²) in [6, 6.07) is 36.3. The van der Waals surface area contributed by atoms with Gasteiger partial charge in [-0.25, -0.2) is 5.48 Å². The molecule has 1 heterocycles. The maximum absolute atomic E-state index is 11.1. The molecule has 0 aliphatic heterocycles. The van der Waals surface area contributed by atoms with Crippen molar-refractivity contribution in [1.82, 2.24) is 15.8 Å². The average Bonchev–Trinajstić information content (AvgIpc) is 3.40. The van der Waals surface area contributed by atoms with Crippen molar-refractivity contribution in [2.45, 2.75) is 25.3 Å². The Morgan fingerprint density at radius 2 is 1.51 bits per heavy atom. The van der Waals surface area contributed by atoms with Gasteiger partial charge in [-0.2, -0.15) is 0 Å². The standard InChI is InChI=1S/C34H33N3O2/c38-34(37-39)18-16-25-11-13-26(14-12-25)23-35-20-19-30-24-36-33-17-15-27(22-32(30)33)21-31(28-7-3-1-4-8-28)29-9-5-2-6-10-29/h1-18,22,24,31,35-36,39H,19-21,23H2,(H,37,38). The number of hydrogen-bond donors (Lipinski definition) is 4. The fourth-order valence-corrected chi connectivity index (χ4v) is 5.01. The van der Waals surface area contributed by atoms with Crippen LogP contribution in [0.25, 0.3) is 17.0 Å². The van der Waals surface area contributed by atoms with Gasteiger partial charge < -0.3 is 10.3 Å². The van der Waals surface area contributed by atoms with Gasteiger partial charge in [0.15, 0.2) is 0 Å². The zero-order chi connectivity index (χ0) is 26.9. The van der Waals surface area contributed by atoms with Crippen LogP contribution in [0, 0.1) is 0 Å². The van der Waals surface area contributed by atoms with Gasteiger partial charge in [-0.05, 0) is 71.0 Å². The molecule has 1 aromatic heterocycles. The first-order valence-corrected chi connectivity index (χ1v) is 13.3. The second-order valence-corrected chi connectivity index (χ2v) is 9.75. The predicted octanol–water partition coefficient (Wildman–Crippen LogP) is 6.39. The van der Waals surface area contributed by atoms with Gasteiger partial charge in [0.2, 0.25) is 0 Å². The maximum atomic E-state index is 11.1. The number of carbonyl (C=O) groups is 1. The van der Waals surface area contributed by atoms with E-state index in [-0.39, 0.29) is 0 Å². The number of fused-ring (bicyclic) bond motifs is 1. The van der Waals surface area contributed by atoms with E-state index < -0.39 is 5.91 Å². The number of benzene rings is 4. The van der Waals surface area contributed by atoms with Crippen molar-refractivity contribution in [2.75, 3.05) is 6.54 Å². The highest BCUT2D eigenvalue weighted by atomic mass is 16.5. The number of hydrogen-bond acceptors (Lipinski definition) is 3. The Labute approximate surface area is 229 Å². The van der Waals surface area contributed by atoms with Crippen LogP contribution in [0.5, 0.6) is 0 Å². The van der Waals surface area contributed by atoms with Crippen molar-refractivity contribution in [2.24, 2.45) is 0 Å². The molecule has 0 aliphatic rings. The Morgan fingerprint density at radius 3 is 2.18 bits per heavy atom. The first-order valence-electron chi connectivity index (χ1n) is 13.3. The van der Waals surface area contributed by atoms with E-state index in [0.717, 1.165) is 31.5 Å². The Balaban J connectivity index is 1.22. The van der Waals surface area contributed by atoms with Crippen LogP contribution in [0.15, 0.2) is 115 Å². The van der Waals surface area contributed by atoms with Crippen molar-refractivity contribution in [3.8, 4) is 0 Å². The van der Waals surface area contributed by atoms with Crippen LogP contribution in [-0.2, 0) is 24.2 Å². The van der Waals surface area contributed by atoms with E-state index in [1.807, 2.05) is 24.3 Å². The van der Waals surface area contributed by atoms with Gasteiger partial charge in [-0.1, -0.05) is 91.0 Å². The van der Waals surface area contributed by atoms with E-state index >= 15 is 0 Å². The molecule has 0 fully saturated rings. The van der Waals surface area contributed by atoms with Gasteiger partial charge in [-0.3, -0.25) is 10.0 Å². The van der Waals surface area contributed by atoms with E-state index in [0.29, 0.717) is 5.92 Å². The summed E-state index contributed by atoms with van der Waals surface area (Å²) in [6.07, 6.45) is 6.97. The molecular weight excluding hydrogens is 482 g/mol. The summed E-state index contributed by atoms with van der Waals surface area (Å²) in [5, 5.41) is 13.4. The highest BCUT2D eigenvalue weighted by Gasteiger charge is 2.15. The molecule has 5 rings (SSSR count). The molecule has 196 valence electrons. The molecule has 5 heteroatoms. The van der Waals surface area contributed by atoms with Crippen molar-refractivity contribution in [1.29, 1.82) is 0 Å². The lowest BCUT2D eigenvalue weighted by atomic mass is 9.85. The number of hydroxylamine groups is 1. The quantitative estimate of drug-likeness (QED) is 0.0712. The van der Waals surface area contributed by atoms with E-state index in [1.54, 1.807) is 11.6 Å². The van der Waals surface area contributed by atoms with Crippen LogP contribution in [-0.4, -0.2) is 22.6 Å². The van der Waals surface area contributed by atoms with Crippen LogP contribution in [0.2, 0.25) is 0 Å². The molecule has 5 nitrogen and oxygen atoms in total. The van der Waals surface area contributed by atoms with E-state index in [1.165, 1.54) is 44.8 Å². The van der Waals surface area contributed by atoms with Crippen molar-refractivity contribution < 1.29 is 10.0 Å². The lowest BCUT2D eigenvalue weighted by Crippen LogP contribution is -2.16. The number of aromatic amines is 1. The number of carbonyl (C=O) groups excluding carboxylic acids is 1. The third kappa shape index (κ3) is 6.90. The molecule has 0 bridgehead atoms. The third-order valence-corrected chi connectivity index (χ3v) is 7.09. The topological polar surface area (TPSA) is 77.2 Å². The summed E-state index contributed by atoms with van der Waals surface area (Å²) in [4.78, 5) is 14.6. The van der Waals surface area contributed by atoms with E-state index in [4.69, 9.17) is 5.21 Å². The summed E-state index contributed by atoms with van der Waals surface area (Å²) in [5.74, 6) is -0.236. The summed E-state index contributed by atoms with van der Waals surface area (Å²) < 4.78 is 0. The minimum absolute atomic E-state index is 0.308. The molecule has 0 atom stereocenters. The van der Waals surface area contributed by atoms with Gasteiger partial charge in [0, 0.05) is 35.6 Å². The number of amides is 1. The maximum Gasteiger partial charge on any atom is 0.267 e. The molecule has 0 saturated heterocycles. The second kappa shape index (κ2) is 12.9.